The van der Waals surface area contributed by atoms with Gasteiger partial charge in [0.05, 0.1) is 27.7 Å². The zero-order chi connectivity index (χ0) is 19.1. The van der Waals surface area contributed by atoms with Crippen molar-refractivity contribution >= 4 is 28.9 Å². The Morgan fingerprint density at radius 2 is 1.70 bits per heavy atom. The van der Waals surface area contributed by atoms with Gasteiger partial charge in [0.1, 0.15) is 5.69 Å². The monoisotopic (exact) mass is 370 g/mol. The molecular weight excluding hydrogens is 356 g/mol. The Labute approximate surface area is 152 Å². The molecule has 1 aliphatic heterocycles. The van der Waals surface area contributed by atoms with Crippen LogP contribution < -0.4 is 10.4 Å². The normalized spacial score (nSPS) is 31.8. The Morgan fingerprint density at radius 3 is 2.30 bits per heavy atom. The number of nitro benzene ring substituents is 2. The fraction of sp³-hybridized carbons (Fsp3) is 0.412. The summed E-state index contributed by atoms with van der Waals surface area (Å²) in [6.07, 6.45) is 5.97. The van der Waals surface area contributed by atoms with Crippen molar-refractivity contribution in [2.24, 2.45) is 29.1 Å². The number of hydrogen-bond acceptors (Lipinski definition) is 6. The van der Waals surface area contributed by atoms with Gasteiger partial charge in [-0.2, -0.15) is 0 Å². The van der Waals surface area contributed by atoms with Crippen molar-refractivity contribution in [2.75, 3.05) is 5.01 Å². The number of benzene rings is 1. The van der Waals surface area contributed by atoms with E-state index in [0.717, 1.165) is 36.0 Å². The minimum atomic E-state index is -0.795. The quantitative estimate of drug-likeness (QED) is 0.489. The van der Waals surface area contributed by atoms with Crippen LogP contribution in [0.3, 0.4) is 0 Å². The number of allylic oxidation sites excluding steroid dienone is 2. The molecule has 138 valence electrons. The second-order valence-electron chi connectivity index (χ2n) is 7.56. The topological polar surface area (TPSA) is 136 Å². The number of rotatable bonds is 3. The van der Waals surface area contributed by atoms with Crippen LogP contribution in [0.2, 0.25) is 0 Å². The van der Waals surface area contributed by atoms with Crippen molar-refractivity contribution in [2.45, 2.75) is 12.8 Å². The lowest BCUT2D eigenvalue weighted by Crippen LogP contribution is -2.60. The van der Waals surface area contributed by atoms with Gasteiger partial charge >= 0.3 is 5.69 Å². The van der Waals surface area contributed by atoms with Crippen LogP contribution in [-0.4, -0.2) is 21.7 Å². The Morgan fingerprint density at radius 1 is 1.04 bits per heavy atom. The van der Waals surface area contributed by atoms with Gasteiger partial charge in [0.25, 0.3) is 11.6 Å². The van der Waals surface area contributed by atoms with Gasteiger partial charge in [0.15, 0.2) is 0 Å². The maximum Gasteiger partial charge on any atom is 0.301 e. The average Bonchev–Trinajstić information content (AvgIpc) is 3.30. The highest BCUT2D eigenvalue weighted by molar-refractivity contribution is 6.06. The molecule has 27 heavy (non-hydrogen) atoms. The second kappa shape index (κ2) is 4.90. The fourth-order valence-electron chi connectivity index (χ4n) is 5.22. The minimum Gasteiger partial charge on any atom is -0.273 e. The number of hydrogen-bond donors (Lipinski definition) is 1. The molecule has 0 unspecified atom stereocenters. The van der Waals surface area contributed by atoms with Crippen molar-refractivity contribution in [1.82, 2.24) is 5.43 Å². The van der Waals surface area contributed by atoms with E-state index in [2.05, 4.69) is 5.43 Å². The number of non-ortho nitro benzene ring substituents is 1. The first-order valence-electron chi connectivity index (χ1n) is 8.61. The predicted octanol–water partition coefficient (Wildman–Crippen LogP) is 1.71. The molecule has 3 aliphatic carbocycles. The molecule has 1 spiro atoms. The number of hydrazine groups is 1. The number of fused-ring (bicyclic) bond motifs is 3. The molecule has 10 nitrogen and oxygen atoms in total. The van der Waals surface area contributed by atoms with E-state index in [0.29, 0.717) is 0 Å². The van der Waals surface area contributed by atoms with E-state index >= 15 is 0 Å². The molecule has 2 bridgehead atoms. The predicted molar refractivity (Wildman–Crippen MR) is 90.1 cm³/mol. The van der Waals surface area contributed by atoms with E-state index in [-0.39, 0.29) is 28.8 Å². The van der Waals surface area contributed by atoms with Crippen molar-refractivity contribution < 1.29 is 19.4 Å². The Hall–Kier alpha value is -3.30. The number of carbonyl (C=O) groups excluding carboxylic acids is 2. The van der Waals surface area contributed by atoms with E-state index in [1.165, 1.54) is 0 Å². The molecule has 0 radical (unpaired) electrons. The standard InChI is InChI=1S/C17H14N4O6/c22-15-13-9-2-3-10(17(9)5-6-17)14(13)16(23)19(18-15)11-4-1-8(20(24)25)7-12(11)21(26)27/h1-4,7,9-10,13-14H,5-6H2,(H,18,22)/t9-,10-,13-,14+/m0/s1. The lowest BCUT2D eigenvalue weighted by molar-refractivity contribution is -0.393. The fourth-order valence-corrected chi connectivity index (χ4v) is 5.22. The summed E-state index contributed by atoms with van der Waals surface area (Å²) in [5.74, 6) is -1.75. The maximum atomic E-state index is 13.2. The molecule has 2 amide bonds. The highest BCUT2D eigenvalue weighted by atomic mass is 16.6. The average molecular weight is 370 g/mol. The Bertz CT molecular complexity index is 968. The third-order valence-corrected chi connectivity index (χ3v) is 6.48. The molecule has 3 fully saturated rings. The smallest absolute Gasteiger partial charge is 0.273 e. The third-order valence-electron chi connectivity index (χ3n) is 6.48. The molecule has 5 rings (SSSR count). The van der Waals surface area contributed by atoms with Crippen LogP contribution in [0.15, 0.2) is 30.4 Å². The van der Waals surface area contributed by atoms with Crippen LogP contribution in [-0.2, 0) is 9.59 Å². The van der Waals surface area contributed by atoms with Gasteiger partial charge in [-0.05, 0) is 36.2 Å². The maximum absolute atomic E-state index is 13.2. The molecule has 1 saturated heterocycles. The van der Waals surface area contributed by atoms with E-state index in [1.54, 1.807) is 0 Å². The van der Waals surface area contributed by atoms with E-state index in [9.17, 15) is 29.8 Å². The number of amides is 2. The first-order valence-corrected chi connectivity index (χ1v) is 8.61. The minimum absolute atomic E-state index is 0.0141. The number of nitro groups is 2. The number of nitrogens with zero attached hydrogens (tertiary/aromatic N) is 3. The zero-order valence-corrected chi connectivity index (χ0v) is 13.9. The van der Waals surface area contributed by atoms with Gasteiger partial charge < -0.3 is 0 Å². The molecule has 1 heterocycles. The van der Waals surface area contributed by atoms with E-state index in [4.69, 9.17) is 0 Å². The van der Waals surface area contributed by atoms with E-state index < -0.39 is 39.0 Å². The first-order chi connectivity index (χ1) is 12.8. The molecule has 2 saturated carbocycles. The van der Waals surface area contributed by atoms with Gasteiger partial charge in [0.2, 0.25) is 5.91 Å². The summed E-state index contributed by atoms with van der Waals surface area (Å²) in [6, 6.07) is 3.01. The van der Waals surface area contributed by atoms with Crippen molar-refractivity contribution in [3.05, 3.63) is 50.6 Å². The molecule has 0 aromatic heterocycles. The molecular formula is C17H14N4O6. The number of nitrogens with one attached hydrogen (secondary N) is 1. The molecule has 1 aromatic carbocycles. The summed E-state index contributed by atoms with van der Waals surface area (Å²) in [5, 5.41) is 23.2. The summed E-state index contributed by atoms with van der Waals surface area (Å²) < 4.78 is 0. The summed E-state index contributed by atoms with van der Waals surface area (Å²) in [4.78, 5) is 46.7. The highest BCUT2D eigenvalue weighted by Crippen LogP contribution is 2.72. The Balaban J connectivity index is 1.57. The summed E-state index contributed by atoms with van der Waals surface area (Å²) in [7, 11) is 0. The zero-order valence-electron chi connectivity index (χ0n) is 13.9. The lowest BCUT2D eigenvalue weighted by atomic mass is 9.80. The molecule has 4 atom stereocenters. The molecule has 1 N–H and O–H groups in total. The van der Waals surface area contributed by atoms with Crippen LogP contribution in [0.5, 0.6) is 0 Å². The lowest BCUT2D eigenvalue weighted by Gasteiger charge is -2.37. The first kappa shape index (κ1) is 15.9. The van der Waals surface area contributed by atoms with Gasteiger partial charge in [0, 0.05) is 6.07 Å². The van der Waals surface area contributed by atoms with Crippen LogP contribution in [0, 0.1) is 49.3 Å². The van der Waals surface area contributed by atoms with Crippen LogP contribution in [0.25, 0.3) is 0 Å². The van der Waals surface area contributed by atoms with Crippen molar-refractivity contribution in [1.29, 1.82) is 0 Å². The van der Waals surface area contributed by atoms with Gasteiger partial charge in [-0.25, -0.2) is 5.01 Å². The van der Waals surface area contributed by atoms with Crippen molar-refractivity contribution in [3.63, 3.8) is 0 Å². The molecule has 1 aromatic rings. The largest absolute Gasteiger partial charge is 0.301 e. The summed E-state index contributed by atoms with van der Waals surface area (Å²) >= 11 is 0. The van der Waals surface area contributed by atoms with Crippen LogP contribution >= 0.6 is 0 Å². The van der Waals surface area contributed by atoms with Gasteiger partial charge in [-0.3, -0.25) is 35.2 Å². The highest BCUT2D eigenvalue weighted by Gasteiger charge is 2.71. The number of carbonyl (C=O) groups is 2. The second-order valence-corrected chi connectivity index (χ2v) is 7.56. The summed E-state index contributed by atoms with van der Waals surface area (Å²) in [5.41, 5.74) is 1.24. The summed E-state index contributed by atoms with van der Waals surface area (Å²) in [6.45, 7) is 0. The SMILES string of the molecule is O=C1NN(c2ccc([N+](=O)[O-])cc2[N+](=O)[O-])C(=O)[C@H]2[C@@H]1[C@@H]1C=C[C@@H]2C12CC2. The molecule has 10 heteroatoms. The number of anilines is 1. The molecule has 4 aliphatic rings. The third kappa shape index (κ3) is 1.89. The Kier molecular flexibility index (Phi) is 2.89. The van der Waals surface area contributed by atoms with Gasteiger partial charge in [-0.1, -0.05) is 12.2 Å². The van der Waals surface area contributed by atoms with Gasteiger partial charge in [-0.15, -0.1) is 0 Å². The van der Waals surface area contributed by atoms with E-state index in [1.807, 2.05) is 12.2 Å². The van der Waals surface area contributed by atoms with Crippen LogP contribution in [0.1, 0.15) is 12.8 Å². The van der Waals surface area contributed by atoms with Crippen molar-refractivity contribution in [3.8, 4) is 0 Å². The van der Waals surface area contributed by atoms with Crippen LogP contribution in [0.4, 0.5) is 17.1 Å².